The average molecular weight is 280 g/mol. The number of benzene rings is 2. The molecule has 0 saturated heterocycles. The first-order valence-electron chi connectivity index (χ1n) is 6.14. The highest BCUT2D eigenvalue weighted by molar-refractivity contribution is 6.06. The van der Waals surface area contributed by atoms with Gasteiger partial charge < -0.3 is 10.0 Å². The fourth-order valence-electron chi connectivity index (χ4n) is 1.88. The van der Waals surface area contributed by atoms with Crippen LogP contribution in [0.15, 0.2) is 48.5 Å². The summed E-state index contributed by atoms with van der Waals surface area (Å²) in [5.74, 6) is -1.42. The molecule has 0 atom stereocenters. The van der Waals surface area contributed by atoms with Crippen LogP contribution in [0, 0.1) is 11.3 Å². The first-order valence-corrected chi connectivity index (χ1v) is 6.14. The summed E-state index contributed by atoms with van der Waals surface area (Å²) in [7, 11) is 1.58. The zero-order valence-electron chi connectivity index (χ0n) is 11.3. The van der Waals surface area contributed by atoms with Crippen molar-refractivity contribution in [3.8, 4) is 6.07 Å². The first kappa shape index (κ1) is 14.3. The predicted molar refractivity (Wildman–Crippen MR) is 77.3 cm³/mol. The predicted octanol–water partition coefficient (Wildman–Crippen LogP) is 2.53. The molecule has 0 bridgehead atoms. The first-order chi connectivity index (χ1) is 10.0. The maximum atomic E-state index is 12.4. The Morgan fingerprint density at radius 3 is 2.43 bits per heavy atom. The quantitative estimate of drug-likeness (QED) is 0.936. The summed E-state index contributed by atoms with van der Waals surface area (Å²) in [6.45, 7) is 0. The van der Waals surface area contributed by atoms with Gasteiger partial charge in [-0.15, -0.1) is 0 Å². The minimum absolute atomic E-state index is 0.0556. The van der Waals surface area contributed by atoms with E-state index in [1.165, 1.54) is 23.1 Å². The average Bonchev–Trinajstić information content (AvgIpc) is 2.53. The number of nitrogens with zero attached hydrogens (tertiary/aromatic N) is 2. The van der Waals surface area contributed by atoms with E-state index in [1.807, 2.05) is 6.07 Å². The molecule has 5 nitrogen and oxygen atoms in total. The fraction of sp³-hybridized carbons (Fsp3) is 0.0625. The molecule has 0 heterocycles. The summed E-state index contributed by atoms with van der Waals surface area (Å²) in [5, 5.41) is 17.8. The van der Waals surface area contributed by atoms with E-state index in [9.17, 15) is 9.59 Å². The Bertz CT molecular complexity index is 747. The molecule has 1 amide bonds. The summed E-state index contributed by atoms with van der Waals surface area (Å²) in [4.78, 5) is 24.7. The van der Waals surface area contributed by atoms with E-state index in [2.05, 4.69) is 0 Å². The van der Waals surface area contributed by atoms with E-state index in [-0.39, 0.29) is 17.0 Å². The number of hydrogen-bond donors (Lipinski definition) is 1. The van der Waals surface area contributed by atoms with Gasteiger partial charge in [-0.2, -0.15) is 5.26 Å². The molecule has 0 aliphatic rings. The van der Waals surface area contributed by atoms with Gasteiger partial charge in [0.1, 0.15) is 0 Å². The molecule has 0 aliphatic carbocycles. The molecule has 2 aromatic carbocycles. The molecule has 2 rings (SSSR count). The SMILES string of the molecule is CN(C(=O)c1cccc(C(=O)O)c1)c1cccc(C#N)c1. The van der Waals surface area contributed by atoms with Gasteiger partial charge in [0.25, 0.3) is 5.91 Å². The van der Waals surface area contributed by atoms with Gasteiger partial charge in [0.2, 0.25) is 0 Å². The number of nitriles is 1. The topological polar surface area (TPSA) is 81.4 Å². The highest BCUT2D eigenvalue weighted by Gasteiger charge is 2.15. The van der Waals surface area contributed by atoms with Gasteiger partial charge in [-0.3, -0.25) is 4.79 Å². The lowest BCUT2D eigenvalue weighted by Crippen LogP contribution is -2.26. The van der Waals surface area contributed by atoms with Crippen molar-refractivity contribution in [1.82, 2.24) is 0 Å². The Balaban J connectivity index is 2.33. The van der Waals surface area contributed by atoms with Crippen LogP contribution in [0.5, 0.6) is 0 Å². The van der Waals surface area contributed by atoms with Crippen LogP contribution in [0.4, 0.5) is 5.69 Å². The van der Waals surface area contributed by atoms with Crippen LogP contribution in [0.25, 0.3) is 0 Å². The Kier molecular flexibility index (Phi) is 4.00. The Hall–Kier alpha value is -3.13. The molecule has 0 unspecified atom stereocenters. The van der Waals surface area contributed by atoms with Crippen molar-refractivity contribution in [1.29, 1.82) is 5.26 Å². The van der Waals surface area contributed by atoms with Crippen LogP contribution in [0.1, 0.15) is 26.3 Å². The van der Waals surface area contributed by atoms with Gasteiger partial charge in [0.15, 0.2) is 0 Å². The molecule has 5 heteroatoms. The van der Waals surface area contributed by atoms with E-state index < -0.39 is 5.97 Å². The number of rotatable bonds is 3. The van der Waals surface area contributed by atoms with Crippen molar-refractivity contribution in [2.45, 2.75) is 0 Å². The lowest BCUT2D eigenvalue weighted by molar-refractivity contribution is 0.0697. The molecule has 21 heavy (non-hydrogen) atoms. The van der Waals surface area contributed by atoms with Crippen LogP contribution in [-0.2, 0) is 0 Å². The van der Waals surface area contributed by atoms with Crippen LogP contribution < -0.4 is 4.90 Å². The summed E-state index contributed by atoms with van der Waals surface area (Å²) in [6, 6.07) is 14.5. The molecule has 0 saturated carbocycles. The lowest BCUT2D eigenvalue weighted by atomic mass is 10.1. The number of carbonyl (C=O) groups is 2. The van der Waals surface area contributed by atoms with E-state index in [4.69, 9.17) is 10.4 Å². The lowest BCUT2D eigenvalue weighted by Gasteiger charge is -2.17. The van der Waals surface area contributed by atoms with Gasteiger partial charge in [-0.05, 0) is 36.4 Å². The number of hydrogen-bond acceptors (Lipinski definition) is 3. The van der Waals surface area contributed by atoms with Gasteiger partial charge in [0, 0.05) is 18.3 Å². The highest BCUT2D eigenvalue weighted by atomic mass is 16.4. The Morgan fingerprint density at radius 2 is 1.76 bits per heavy atom. The van der Waals surface area contributed by atoms with Crippen molar-refractivity contribution in [3.05, 3.63) is 65.2 Å². The smallest absolute Gasteiger partial charge is 0.335 e. The largest absolute Gasteiger partial charge is 0.478 e. The third kappa shape index (κ3) is 3.07. The second kappa shape index (κ2) is 5.88. The summed E-state index contributed by atoms with van der Waals surface area (Å²) in [5.41, 5.74) is 1.35. The number of carboxylic acid groups (broad SMARTS) is 1. The molecule has 0 aliphatic heterocycles. The number of anilines is 1. The van der Waals surface area contributed by atoms with Gasteiger partial charge in [0.05, 0.1) is 17.2 Å². The van der Waals surface area contributed by atoms with Gasteiger partial charge in [-0.25, -0.2) is 4.79 Å². The molecular weight excluding hydrogens is 268 g/mol. The number of carboxylic acids is 1. The summed E-state index contributed by atoms with van der Waals surface area (Å²) in [6.07, 6.45) is 0. The van der Waals surface area contributed by atoms with E-state index in [0.717, 1.165) is 0 Å². The molecule has 0 spiro atoms. The maximum absolute atomic E-state index is 12.4. The normalized spacial score (nSPS) is 9.71. The van der Waals surface area contributed by atoms with Crippen molar-refractivity contribution >= 4 is 17.6 Å². The molecular formula is C16H12N2O3. The summed E-state index contributed by atoms with van der Waals surface area (Å²) < 4.78 is 0. The molecule has 104 valence electrons. The minimum atomic E-state index is -1.08. The number of aromatic carboxylic acids is 1. The maximum Gasteiger partial charge on any atom is 0.335 e. The zero-order chi connectivity index (χ0) is 15.4. The van der Waals surface area contributed by atoms with Crippen LogP contribution >= 0.6 is 0 Å². The molecule has 0 fully saturated rings. The van der Waals surface area contributed by atoms with Gasteiger partial charge in [-0.1, -0.05) is 12.1 Å². The molecule has 2 aromatic rings. The fourth-order valence-corrected chi connectivity index (χ4v) is 1.88. The Morgan fingerprint density at radius 1 is 1.10 bits per heavy atom. The zero-order valence-corrected chi connectivity index (χ0v) is 11.3. The minimum Gasteiger partial charge on any atom is -0.478 e. The van der Waals surface area contributed by atoms with Gasteiger partial charge >= 0.3 is 5.97 Å². The highest BCUT2D eigenvalue weighted by Crippen LogP contribution is 2.17. The van der Waals surface area contributed by atoms with Crippen molar-refractivity contribution in [3.63, 3.8) is 0 Å². The third-order valence-corrected chi connectivity index (χ3v) is 3.02. The van der Waals surface area contributed by atoms with E-state index in [0.29, 0.717) is 11.3 Å². The van der Waals surface area contributed by atoms with Crippen molar-refractivity contribution in [2.24, 2.45) is 0 Å². The molecule has 0 radical (unpaired) electrons. The second-order valence-electron chi connectivity index (χ2n) is 4.41. The molecule has 0 aromatic heterocycles. The number of carbonyl (C=O) groups excluding carboxylic acids is 1. The van der Waals surface area contributed by atoms with E-state index in [1.54, 1.807) is 37.4 Å². The second-order valence-corrected chi connectivity index (χ2v) is 4.41. The van der Waals surface area contributed by atoms with Crippen LogP contribution in [-0.4, -0.2) is 24.0 Å². The number of amides is 1. The van der Waals surface area contributed by atoms with Crippen molar-refractivity contribution in [2.75, 3.05) is 11.9 Å². The standard InChI is InChI=1S/C16H12N2O3/c1-18(14-7-2-4-11(8-14)10-17)15(19)12-5-3-6-13(9-12)16(20)21/h2-9H,1H3,(H,20,21). The summed E-state index contributed by atoms with van der Waals surface area (Å²) >= 11 is 0. The third-order valence-electron chi connectivity index (χ3n) is 3.02. The van der Waals surface area contributed by atoms with Crippen LogP contribution in [0.2, 0.25) is 0 Å². The molecule has 1 N–H and O–H groups in total. The monoisotopic (exact) mass is 280 g/mol. The Labute approximate surface area is 121 Å². The van der Waals surface area contributed by atoms with E-state index >= 15 is 0 Å². The van der Waals surface area contributed by atoms with Crippen LogP contribution in [0.3, 0.4) is 0 Å². The van der Waals surface area contributed by atoms with Crippen molar-refractivity contribution < 1.29 is 14.7 Å².